The van der Waals surface area contributed by atoms with Crippen LogP contribution in [-0.2, 0) is 6.42 Å². The van der Waals surface area contributed by atoms with Crippen LogP contribution in [0.5, 0.6) is 0 Å². The quantitative estimate of drug-likeness (QED) is 0.748. The van der Waals surface area contributed by atoms with Crippen molar-refractivity contribution in [2.24, 2.45) is 5.92 Å². The molecule has 0 saturated heterocycles. The SMILES string of the molecule is CCNC(CCc1ccco1)CCC1CCCC1. The topological polar surface area (TPSA) is 25.2 Å². The highest BCUT2D eigenvalue weighted by Crippen LogP contribution is 2.29. The summed E-state index contributed by atoms with van der Waals surface area (Å²) in [5.41, 5.74) is 0. The molecule has 0 radical (unpaired) electrons. The van der Waals surface area contributed by atoms with E-state index in [-0.39, 0.29) is 0 Å². The maximum atomic E-state index is 5.41. The van der Waals surface area contributed by atoms with Gasteiger partial charge in [0.25, 0.3) is 0 Å². The van der Waals surface area contributed by atoms with Crippen LogP contribution in [0, 0.1) is 5.92 Å². The van der Waals surface area contributed by atoms with Crippen LogP contribution in [0.25, 0.3) is 0 Å². The Labute approximate surface area is 111 Å². The van der Waals surface area contributed by atoms with Crippen LogP contribution in [0.15, 0.2) is 22.8 Å². The van der Waals surface area contributed by atoms with Gasteiger partial charge in [-0.25, -0.2) is 0 Å². The first-order chi connectivity index (χ1) is 8.88. The van der Waals surface area contributed by atoms with Crippen LogP contribution >= 0.6 is 0 Å². The lowest BCUT2D eigenvalue weighted by atomic mass is 9.96. The van der Waals surface area contributed by atoms with E-state index in [1.54, 1.807) is 6.26 Å². The summed E-state index contributed by atoms with van der Waals surface area (Å²) in [5.74, 6) is 2.13. The fourth-order valence-corrected chi connectivity index (χ4v) is 3.14. The molecule has 0 bridgehead atoms. The summed E-state index contributed by atoms with van der Waals surface area (Å²) in [6.07, 6.45) is 12.6. The Balaban J connectivity index is 1.69. The van der Waals surface area contributed by atoms with Crippen LogP contribution in [0.3, 0.4) is 0 Å². The van der Waals surface area contributed by atoms with E-state index in [1.165, 1.54) is 44.9 Å². The van der Waals surface area contributed by atoms with E-state index >= 15 is 0 Å². The third-order valence-electron chi connectivity index (χ3n) is 4.21. The van der Waals surface area contributed by atoms with E-state index in [9.17, 15) is 0 Å². The molecule has 1 aromatic rings. The average Bonchev–Trinajstić information content (AvgIpc) is 3.05. The highest BCUT2D eigenvalue weighted by molar-refractivity contribution is 4.98. The lowest BCUT2D eigenvalue weighted by Gasteiger charge is -2.19. The van der Waals surface area contributed by atoms with Gasteiger partial charge in [-0.3, -0.25) is 0 Å². The molecule has 1 fully saturated rings. The number of hydrogen-bond acceptors (Lipinski definition) is 2. The van der Waals surface area contributed by atoms with Crippen LogP contribution in [0.4, 0.5) is 0 Å². The highest BCUT2D eigenvalue weighted by atomic mass is 16.3. The minimum atomic E-state index is 0.667. The third-order valence-corrected chi connectivity index (χ3v) is 4.21. The van der Waals surface area contributed by atoms with E-state index in [1.807, 2.05) is 6.07 Å². The Morgan fingerprint density at radius 3 is 2.83 bits per heavy atom. The van der Waals surface area contributed by atoms with Crippen molar-refractivity contribution < 1.29 is 4.42 Å². The lowest BCUT2D eigenvalue weighted by Crippen LogP contribution is -2.29. The zero-order valence-electron chi connectivity index (χ0n) is 11.7. The fourth-order valence-electron chi connectivity index (χ4n) is 3.14. The fraction of sp³-hybridized carbons (Fsp3) is 0.750. The number of nitrogens with one attached hydrogen (secondary N) is 1. The van der Waals surface area contributed by atoms with Gasteiger partial charge < -0.3 is 9.73 Å². The van der Waals surface area contributed by atoms with Gasteiger partial charge in [0.2, 0.25) is 0 Å². The maximum absolute atomic E-state index is 5.41. The van der Waals surface area contributed by atoms with E-state index in [0.717, 1.165) is 24.6 Å². The van der Waals surface area contributed by atoms with Crippen molar-refractivity contribution in [2.45, 2.75) is 64.3 Å². The first-order valence-electron chi connectivity index (χ1n) is 7.64. The number of rotatable bonds is 8. The molecule has 1 unspecified atom stereocenters. The van der Waals surface area contributed by atoms with Crippen molar-refractivity contribution in [3.05, 3.63) is 24.2 Å². The van der Waals surface area contributed by atoms with Gasteiger partial charge in [0.05, 0.1) is 6.26 Å². The summed E-state index contributed by atoms with van der Waals surface area (Å²) in [6, 6.07) is 4.73. The van der Waals surface area contributed by atoms with Crippen molar-refractivity contribution >= 4 is 0 Å². The first-order valence-corrected chi connectivity index (χ1v) is 7.64. The summed E-state index contributed by atoms with van der Waals surface area (Å²) in [7, 11) is 0. The Hall–Kier alpha value is -0.760. The Morgan fingerprint density at radius 2 is 2.17 bits per heavy atom. The van der Waals surface area contributed by atoms with Crippen LogP contribution in [0.1, 0.15) is 57.6 Å². The normalized spacial score (nSPS) is 18.3. The molecule has 1 saturated carbocycles. The van der Waals surface area contributed by atoms with Crippen molar-refractivity contribution in [3.8, 4) is 0 Å². The van der Waals surface area contributed by atoms with Gasteiger partial charge in [0.15, 0.2) is 0 Å². The van der Waals surface area contributed by atoms with E-state index in [4.69, 9.17) is 4.42 Å². The molecule has 1 aliphatic carbocycles. The van der Waals surface area contributed by atoms with Crippen molar-refractivity contribution in [2.75, 3.05) is 6.54 Å². The Morgan fingerprint density at radius 1 is 1.33 bits per heavy atom. The summed E-state index contributed by atoms with van der Waals surface area (Å²) >= 11 is 0. The number of furan rings is 1. The van der Waals surface area contributed by atoms with Gasteiger partial charge in [-0.05, 0) is 43.9 Å². The van der Waals surface area contributed by atoms with Crippen LogP contribution < -0.4 is 5.32 Å². The molecule has 2 heteroatoms. The molecule has 1 N–H and O–H groups in total. The van der Waals surface area contributed by atoms with E-state index in [2.05, 4.69) is 18.3 Å². The minimum absolute atomic E-state index is 0.667. The summed E-state index contributed by atoms with van der Waals surface area (Å²) in [5, 5.41) is 3.63. The van der Waals surface area contributed by atoms with Crippen molar-refractivity contribution in [1.29, 1.82) is 0 Å². The molecule has 0 amide bonds. The molecule has 1 heterocycles. The standard InChI is InChI=1S/C16H27NO/c1-2-17-15(10-9-14-6-3-4-7-14)11-12-16-8-5-13-18-16/h5,8,13-15,17H,2-4,6-7,9-12H2,1H3. The largest absolute Gasteiger partial charge is 0.469 e. The molecule has 0 aromatic carbocycles. The Kier molecular flexibility index (Phi) is 5.79. The van der Waals surface area contributed by atoms with E-state index < -0.39 is 0 Å². The summed E-state index contributed by atoms with van der Waals surface area (Å²) < 4.78 is 5.41. The third kappa shape index (κ3) is 4.49. The molecule has 18 heavy (non-hydrogen) atoms. The average molecular weight is 249 g/mol. The molecule has 0 aliphatic heterocycles. The zero-order chi connectivity index (χ0) is 12.6. The summed E-state index contributed by atoms with van der Waals surface area (Å²) in [6.45, 7) is 3.28. The molecular formula is C16H27NO. The molecule has 1 atom stereocenters. The van der Waals surface area contributed by atoms with E-state index in [0.29, 0.717) is 6.04 Å². The van der Waals surface area contributed by atoms with Gasteiger partial charge >= 0.3 is 0 Å². The molecule has 0 spiro atoms. The molecule has 1 aliphatic rings. The second-order valence-electron chi connectivity index (χ2n) is 5.60. The van der Waals surface area contributed by atoms with Gasteiger partial charge in [0.1, 0.15) is 5.76 Å². The molecule has 2 rings (SSSR count). The van der Waals surface area contributed by atoms with Crippen LogP contribution in [0.2, 0.25) is 0 Å². The van der Waals surface area contributed by atoms with Crippen molar-refractivity contribution in [3.63, 3.8) is 0 Å². The molecule has 2 nitrogen and oxygen atoms in total. The van der Waals surface area contributed by atoms with Crippen molar-refractivity contribution in [1.82, 2.24) is 5.32 Å². The first kappa shape index (κ1) is 13.7. The highest BCUT2D eigenvalue weighted by Gasteiger charge is 2.17. The monoisotopic (exact) mass is 249 g/mol. The smallest absolute Gasteiger partial charge is 0.103 e. The molecule has 102 valence electrons. The molecule has 1 aromatic heterocycles. The van der Waals surface area contributed by atoms with Gasteiger partial charge in [-0.2, -0.15) is 0 Å². The second-order valence-corrected chi connectivity index (χ2v) is 5.60. The minimum Gasteiger partial charge on any atom is -0.469 e. The predicted octanol–water partition coefficient (Wildman–Crippen LogP) is 4.16. The summed E-state index contributed by atoms with van der Waals surface area (Å²) in [4.78, 5) is 0. The Bertz CT molecular complexity index is 301. The zero-order valence-corrected chi connectivity index (χ0v) is 11.7. The van der Waals surface area contributed by atoms with Gasteiger partial charge in [-0.1, -0.05) is 32.6 Å². The predicted molar refractivity (Wildman–Crippen MR) is 75.7 cm³/mol. The lowest BCUT2D eigenvalue weighted by molar-refractivity contribution is 0.384. The number of aryl methyl sites for hydroxylation is 1. The van der Waals surface area contributed by atoms with Crippen LogP contribution in [-0.4, -0.2) is 12.6 Å². The van der Waals surface area contributed by atoms with Gasteiger partial charge in [0, 0.05) is 12.5 Å². The second kappa shape index (κ2) is 7.63. The number of hydrogen-bond donors (Lipinski definition) is 1. The maximum Gasteiger partial charge on any atom is 0.103 e. The van der Waals surface area contributed by atoms with Gasteiger partial charge in [-0.15, -0.1) is 0 Å². The molecular weight excluding hydrogens is 222 g/mol.